The number of thiol groups is 1. The summed E-state index contributed by atoms with van der Waals surface area (Å²) in [6, 6.07) is 14.7. The fourth-order valence-electron chi connectivity index (χ4n) is 2.96. The van der Waals surface area contributed by atoms with E-state index in [1.54, 1.807) is 27.9 Å². The highest BCUT2D eigenvalue weighted by molar-refractivity contribution is 7.75. The van der Waals surface area contributed by atoms with Gasteiger partial charge in [-0.25, -0.2) is 0 Å². The van der Waals surface area contributed by atoms with Gasteiger partial charge in [-0.2, -0.15) is 5.10 Å². The fourth-order valence-corrected chi connectivity index (χ4v) is 3.07. The normalized spacial score (nSPS) is 12.6. The minimum Gasteiger partial charge on any atom is -0.429 e. The topological polar surface area (TPSA) is 59.4 Å². The van der Waals surface area contributed by atoms with Gasteiger partial charge in [0.1, 0.15) is 11.6 Å². The molecule has 0 fully saturated rings. The summed E-state index contributed by atoms with van der Waals surface area (Å²) >= 11 is 3.87. The number of carbonyl (C=O) groups excluding carboxylic acids is 1. The van der Waals surface area contributed by atoms with Crippen molar-refractivity contribution in [2.24, 2.45) is 7.05 Å². The molecule has 1 aliphatic rings. The highest BCUT2D eigenvalue weighted by Gasteiger charge is 2.27. The van der Waals surface area contributed by atoms with Crippen LogP contribution >= 0.6 is 12.9 Å². The number of hydrogen-bond donors (Lipinski definition) is 2. The number of aromatic nitrogens is 2. The zero-order chi connectivity index (χ0) is 17.4. The molecule has 1 aromatic heterocycles. The van der Waals surface area contributed by atoms with E-state index in [9.17, 15) is 4.79 Å². The molecule has 2 heterocycles. The highest BCUT2D eigenvalue weighted by Crippen LogP contribution is 2.38. The maximum atomic E-state index is 13.1. The third-order valence-electron chi connectivity index (χ3n) is 4.23. The zero-order valence-corrected chi connectivity index (χ0v) is 14.4. The van der Waals surface area contributed by atoms with Crippen molar-refractivity contribution in [1.82, 2.24) is 9.78 Å². The second-order valence-electron chi connectivity index (χ2n) is 5.79. The van der Waals surface area contributed by atoms with Gasteiger partial charge in [0, 0.05) is 37.2 Å². The van der Waals surface area contributed by atoms with E-state index in [0.29, 0.717) is 17.9 Å². The van der Waals surface area contributed by atoms with Crippen molar-refractivity contribution in [1.29, 1.82) is 0 Å². The molecule has 4 rings (SSSR count). The first-order valence-corrected chi connectivity index (χ1v) is 8.14. The molecule has 7 heteroatoms. The molecule has 1 N–H and O–H groups in total. The summed E-state index contributed by atoms with van der Waals surface area (Å²) in [6.07, 6.45) is 1.77. The molecule has 6 nitrogen and oxygen atoms in total. The van der Waals surface area contributed by atoms with Crippen LogP contribution in [0, 0.1) is 0 Å². The van der Waals surface area contributed by atoms with Gasteiger partial charge in [-0.3, -0.25) is 9.48 Å². The maximum absolute atomic E-state index is 13.1. The second kappa shape index (κ2) is 6.18. The molecule has 1 amide bonds. The van der Waals surface area contributed by atoms with Gasteiger partial charge >= 0.3 is 0 Å². The SMILES string of the molecule is Cn1ncc2c1Nc1ccc(OS)cc1N(C(=O)c1ccccc1)C2. The number of nitrogens with one attached hydrogen (secondary N) is 1. The van der Waals surface area contributed by atoms with Crippen molar-refractivity contribution < 1.29 is 8.98 Å². The first kappa shape index (κ1) is 15.6. The van der Waals surface area contributed by atoms with E-state index in [0.717, 1.165) is 22.8 Å². The number of hydrogen-bond acceptors (Lipinski definition) is 5. The van der Waals surface area contributed by atoms with E-state index in [1.807, 2.05) is 43.4 Å². The van der Waals surface area contributed by atoms with Crippen LogP contribution in [-0.4, -0.2) is 15.7 Å². The van der Waals surface area contributed by atoms with Gasteiger partial charge in [0.15, 0.2) is 0 Å². The van der Waals surface area contributed by atoms with E-state index in [4.69, 9.17) is 4.18 Å². The second-order valence-corrected chi connectivity index (χ2v) is 5.98. The Morgan fingerprint density at radius 2 is 2.04 bits per heavy atom. The Labute approximate surface area is 150 Å². The van der Waals surface area contributed by atoms with Gasteiger partial charge in [0.05, 0.1) is 24.1 Å². The number of carbonyl (C=O) groups is 1. The molecule has 25 heavy (non-hydrogen) atoms. The molecule has 2 aromatic carbocycles. The summed E-state index contributed by atoms with van der Waals surface area (Å²) in [4.78, 5) is 14.9. The third-order valence-corrected chi connectivity index (χ3v) is 4.44. The minimum atomic E-state index is -0.0864. The predicted octanol–water partition coefficient (Wildman–Crippen LogP) is 3.55. The number of fused-ring (bicyclic) bond motifs is 2. The average molecular weight is 352 g/mol. The smallest absolute Gasteiger partial charge is 0.258 e. The summed E-state index contributed by atoms with van der Waals surface area (Å²) in [6.45, 7) is 0.410. The third kappa shape index (κ3) is 2.72. The van der Waals surface area contributed by atoms with Gasteiger partial charge in [-0.15, -0.1) is 0 Å². The first-order chi connectivity index (χ1) is 12.2. The van der Waals surface area contributed by atoms with Gasteiger partial charge in [0.25, 0.3) is 5.91 Å². The molecule has 0 unspecified atom stereocenters. The monoisotopic (exact) mass is 352 g/mol. The lowest BCUT2D eigenvalue weighted by Gasteiger charge is -2.23. The summed E-state index contributed by atoms with van der Waals surface area (Å²) < 4.78 is 6.81. The Bertz CT molecular complexity index is 940. The van der Waals surface area contributed by atoms with Gasteiger partial charge in [-0.1, -0.05) is 18.2 Å². The Morgan fingerprint density at radius 3 is 2.80 bits per heavy atom. The van der Waals surface area contributed by atoms with E-state index in [1.165, 1.54) is 0 Å². The lowest BCUT2D eigenvalue weighted by Crippen LogP contribution is -2.29. The minimum absolute atomic E-state index is 0.0864. The van der Waals surface area contributed by atoms with Crippen LogP contribution in [0.25, 0.3) is 0 Å². The van der Waals surface area contributed by atoms with Crippen LogP contribution < -0.4 is 14.4 Å². The number of aryl methyl sites for hydroxylation is 1. The van der Waals surface area contributed by atoms with E-state index in [2.05, 4.69) is 23.3 Å². The summed E-state index contributed by atoms with van der Waals surface area (Å²) in [5.74, 6) is 1.35. The number of benzene rings is 2. The predicted molar refractivity (Wildman–Crippen MR) is 99.5 cm³/mol. The number of rotatable bonds is 2. The quantitative estimate of drug-likeness (QED) is 0.547. The Balaban J connectivity index is 1.86. The molecule has 3 aromatic rings. The number of amides is 1. The first-order valence-electron chi connectivity index (χ1n) is 7.77. The van der Waals surface area contributed by atoms with Crippen molar-refractivity contribution in [2.45, 2.75) is 6.54 Å². The van der Waals surface area contributed by atoms with Gasteiger partial charge < -0.3 is 14.4 Å². The molecule has 0 aliphatic carbocycles. The molecule has 0 radical (unpaired) electrons. The van der Waals surface area contributed by atoms with Crippen molar-refractivity contribution in [3.8, 4) is 5.75 Å². The van der Waals surface area contributed by atoms with Crippen LogP contribution in [0.3, 0.4) is 0 Å². The van der Waals surface area contributed by atoms with Crippen LogP contribution in [0.15, 0.2) is 54.7 Å². The Hall–Kier alpha value is -2.93. The molecule has 0 saturated carbocycles. The van der Waals surface area contributed by atoms with E-state index >= 15 is 0 Å². The Morgan fingerprint density at radius 1 is 1.24 bits per heavy atom. The number of anilines is 3. The van der Waals surface area contributed by atoms with E-state index in [-0.39, 0.29) is 5.91 Å². The van der Waals surface area contributed by atoms with Gasteiger partial charge in [0.2, 0.25) is 0 Å². The summed E-state index contributed by atoms with van der Waals surface area (Å²) in [7, 11) is 1.87. The van der Waals surface area contributed by atoms with Crippen LogP contribution in [0.1, 0.15) is 15.9 Å². The van der Waals surface area contributed by atoms with Crippen molar-refractivity contribution in [3.05, 3.63) is 65.9 Å². The lowest BCUT2D eigenvalue weighted by atomic mass is 10.1. The fraction of sp³-hybridized carbons (Fsp3) is 0.111. The van der Waals surface area contributed by atoms with Crippen molar-refractivity contribution >= 4 is 36.0 Å². The van der Waals surface area contributed by atoms with Crippen molar-refractivity contribution in [3.63, 3.8) is 0 Å². The molecule has 0 bridgehead atoms. The van der Waals surface area contributed by atoms with Crippen LogP contribution in [-0.2, 0) is 13.6 Å². The lowest BCUT2D eigenvalue weighted by molar-refractivity contribution is 0.0985. The van der Waals surface area contributed by atoms with Crippen LogP contribution in [0.5, 0.6) is 5.75 Å². The molecule has 0 saturated heterocycles. The van der Waals surface area contributed by atoms with Crippen LogP contribution in [0.2, 0.25) is 0 Å². The van der Waals surface area contributed by atoms with Gasteiger partial charge in [-0.05, 0) is 24.3 Å². The molecular weight excluding hydrogens is 336 g/mol. The van der Waals surface area contributed by atoms with Crippen molar-refractivity contribution in [2.75, 3.05) is 10.2 Å². The molecule has 0 atom stereocenters. The van der Waals surface area contributed by atoms with Crippen LogP contribution in [0.4, 0.5) is 17.2 Å². The van der Waals surface area contributed by atoms with E-state index < -0.39 is 0 Å². The highest BCUT2D eigenvalue weighted by atomic mass is 32.1. The summed E-state index contributed by atoms with van der Waals surface area (Å²) in [5.41, 5.74) is 3.10. The maximum Gasteiger partial charge on any atom is 0.258 e. The summed E-state index contributed by atoms with van der Waals surface area (Å²) in [5, 5.41) is 7.66. The average Bonchev–Trinajstić information content (AvgIpc) is 2.90. The Kier molecular flexibility index (Phi) is 3.85. The number of nitrogens with zero attached hydrogens (tertiary/aromatic N) is 3. The zero-order valence-electron chi connectivity index (χ0n) is 13.5. The molecular formula is C18H16N4O2S. The largest absolute Gasteiger partial charge is 0.429 e. The molecule has 1 aliphatic heterocycles. The molecule has 126 valence electrons. The molecule has 0 spiro atoms. The standard InChI is InChI=1S/C18H16N4O2S/c1-21-17-13(10-19-21)11-22(18(23)12-5-3-2-4-6-12)16-9-14(24-25)7-8-15(16)20-17/h2-10,20,25H,11H2,1H3.